The minimum Gasteiger partial charge on any atom is -0.389 e. The third-order valence-electron chi connectivity index (χ3n) is 2.18. The molecule has 0 radical (unpaired) electrons. The SMILES string of the molecule is C=CCCC1(O)CCS(=O)(=O)C1. The monoisotopic (exact) mass is 190 g/mol. The van der Waals surface area contributed by atoms with Crippen molar-refractivity contribution in [3.05, 3.63) is 12.7 Å². The molecule has 70 valence electrons. The maximum Gasteiger partial charge on any atom is 0.153 e. The number of hydrogen-bond donors (Lipinski definition) is 1. The Balaban J connectivity index is 2.58. The van der Waals surface area contributed by atoms with Crippen LogP contribution < -0.4 is 0 Å². The van der Waals surface area contributed by atoms with Crippen LogP contribution in [0.5, 0.6) is 0 Å². The van der Waals surface area contributed by atoms with Gasteiger partial charge in [0.25, 0.3) is 0 Å². The van der Waals surface area contributed by atoms with Gasteiger partial charge in [-0.05, 0) is 19.3 Å². The second-order valence-corrected chi connectivity index (χ2v) is 5.58. The fourth-order valence-electron chi connectivity index (χ4n) is 1.47. The van der Waals surface area contributed by atoms with Crippen molar-refractivity contribution in [1.29, 1.82) is 0 Å². The summed E-state index contributed by atoms with van der Waals surface area (Å²) in [5.41, 5.74) is -0.979. The van der Waals surface area contributed by atoms with Crippen LogP contribution in [0.25, 0.3) is 0 Å². The molecule has 1 heterocycles. The standard InChI is InChI=1S/C8H14O3S/c1-2-3-4-8(9)5-6-12(10,11)7-8/h2,9H,1,3-7H2. The summed E-state index contributed by atoms with van der Waals surface area (Å²) in [6.45, 7) is 3.53. The van der Waals surface area contributed by atoms with Crippen LogP contribution in [-0.4, -0.2) is 30.6 Å². The number of rotatable bonds is 3. The molecular weight excluding hydrogens is 176 g/mol. The van der Waals surface area contributed by atoms with Crippen LogP contribution >= 0.6 is 0 Å². The molecule has 0 spiro atoms. The average Bonchev–Trinajstić information content (AvgIpc) is 2.23. The minimum absolute atomic E-state index is 0.0756. The Morgan fingerprint density at radius 1 is 1.58 bits per heavy atom. The second-order valence-electron chi connectivity index (χ2n) is 3.39. The van der Waals surface area contributed by atoms with Gasteiger partial charge in [-0.1, -0.05) is 6.08 Å². The summed E-state index contributed by atoms with van der Waals surface area (Å²) in [5.74, 6) is 0.0501. The van der Waals surface area contributed by atoms with E-state index in [0.717, 1.165) is 0 Å². The van der Waals surface area contributed by atoms with Crippen molar-refractivity contribution in [3.8, 4) is 0 Å². The van der Waals surface area contributed by atoms with Crippen LogP contribution in [0, 0.1) is 0 Å². The Morgan fingerprint density at radius 2 is 2.25 bits per heavy atom. The highest BCUT2D eigenvalue weighted by Gasteiger charge is 2.39. The van der Waals surface area contributed by atoms with Crippen LogP contribution in [0.15, 0.2) is 12.7 Å². The summed E-state index contributed by atoms with van der Waals surface area (Å²) in [4.78, 5) is 0. The smallest absolute Gasteiger partial charge is 0.153 e. The summed E-state index contributed by atoms with van der Waals surface area (Å²) in [5, 5.41) is 9.73. The number of sulfone groups is 1. The molecule has 1 atom stereocenters. The van der Waals surface area contributed by atoms with Crippen LogP contribution in [-0.2, 0) is 9.84 Å². The Labute approximate surface area is 73.0 Å². The quantitative estimate of drug-likeness (QED) is 0.659. The molecule has 0 saturated carbocycles. The van der Waals surface area contributed by atoms with E-state index in [2.05, 4.69) is 6.58 Å². The lowest BCUT2D eigenvalue weighted by molar-refractivity contribution is 0.0596. The lowest BCUT2D eigenvalue weighted by Gasteiger charge is -2.18. The van der Waals surface area contributed by atoms with Crippen LogP contribution in [0.3, 0.4) is 0 Å². The van der Waals surface area contributed by atoms with E-state index >= 15 is 0 Å². The molecule has 0 bridgehead atoms. The molecule has 0 amide bonds. The Morgan fingerprint density at radius 3 is 2.67 bits per heavy atom. The molecule has 1 unspecified atom stereocenters. The van der Waals surface area contributed by atoms with Gasteiger partial charge < -0.3 is 5.11 Å². The Kier molecular flexibility index (Phi) is 2.58. The van der Waals surface area contributed by atoms with Gasteiger partial charge in [0.2, 0.25) is 0 Å². The predicted molar refractivity (Wildman–Crippen MR) is 47.7 cm³/mol. The largest absolute Gasteiger partial charge is 0.389 e. The van der Waals surface area contributed by atoms with Crippen LogP contribution in [0.4, 0.5) is 0 Å². The number of allylic oxidation sites excluding steroid dienone is 1. The van der Waals surface area contributed by atoms with Gasteiger partial charge in [-0.3, -0.25) is 0 Å². The average molecular weight is 190 g/mol. The Hall–Kier alpha value is -0.350. The first-order valence-corrected chi connectivity index (χ1v) is 5.83. The zero-order valence-corrected chi connectivity index (χ0v) is 7.81. The first-order valence-electron chi connectivity index (χ1n) is 4.01. The van der Waals surface area contributed by atoms with Crippen LogP contribution in [0.2, 0.25) is 0 Å². The van der Waals surface area contributed by atoms with Gasteiger partial charge in [-0.25, -0.2) is 8.42 Å². The molecule has 1 saturated heterocycles. The van der Waals surface area contributed by atoms with Crippen molar-refractivity contribution in [2.75, 3.05) is 11.5 Å². The van der Waals surface area contributed by atoms with Gasteiger partial charge in [0.15, 0.2) is 9.84 Å². The summed E-state index contributed by atoms with van der Waals surface area (Å²) >= 11 is 0. The van der Waals surface area contributed by atoms with E-state index in [9.17, 15) is 13.5 Å². The van der Waals surface area contributed by atoms with Crippen molar-refractivity contribution in [1.82, 2.24) is 0 Å². The highest BCUT2D eigenvalue weighted by molar-refractivity contribution is 7.91. The molecular formula is C8H14O3S. The maximum absolute atomic E-state index is 11.0. The molecule has 1 N–H and O–H groups in total. The zero-order valence-electron chi connectivity index (χ0n) is 6.99. The van der Waals surface area contributed by atoms with Gasteiger partial charge in [0.05, 0.1) is 17.1 Å². The fourth-order valence-corrected chi connectivity index (χ4v) is 3.41. The van der Waals surface area contributed by atoms with Gasteiger partial charge in [-0.2, -0.15) is 0 Å². The van der Waals surface area contributed by atoms with Crippen molar-refractivity contribution in [3.63, 3.8) is 0 Å². The molecule has 1 aliphatic heterocycles. The van der Waals surface area contributed by atoms with Gasteiger partial charge in [0.1, 0.15) is 0 Å². The van der Waals surface area contributed by atoms with Crippen molar-refractivity contribution >= 4 is 9.84 Å². The second kappa shape index (κ2) is 3.18. The van der Waals surface area contributed by atoms with Crippen molar-refractivity contribution in [2.45, 2.75) is 24.9 Å². The molecule has 1 rings (SSSR count). The highest BCUT2D eigenvalue weighted by atomic mass is 32.2. The van der Waals surface area contributed by atoms with E-state index < -0.39 is 15.4 Å². The van der Waals surface area contributed by atoms with Crippen molar-refractivity contribution < 1.29 is 13.5 Å². The Bertz CT molecular complexity index is 268. The normalized spacial score (nSPS) is 33.4. The molecule has 1 fully saturated rings. The third-order valence-corrected chi connectivity index (χ3v) is 3.98. The first-order chi connectivity index (χ1) is 5.47. The van der Waals surface area contributed by atoms with Gasteiger partial charge in [0, 0.05) is 0 Å². The summed E-state index contributed by atoms with van der Waals surface area (Å²) in [6.07, 6.45) is 3.26. The minimum atomic E-state index is -2.97. The van der Waals surface area contributed by atoms with E-state index in [1.807, 2.05) is 0 Å². The third kappa shape index (κ3) is 2.32. The summed E-state index contributed by atoms with van der Waals surface area (Å²) < 4.78 is 22.0. The van der Waals surface area contributed by atoms with E-state index in [0.29, 0.717) is 19.3 Å². The number of aliphatic hydroxyl groups is 1. The molecule has 0 aromatic carbocycles. The molecule has 12 heavy (non-hydrogen) atoms. The van der Waals surface area contributed by atoms with Crippen LogP contribution in [0.1, 0.15) is 19.3 Å². The molecule has 0 aromatic heterocycles. The predicted octanol–water partition coefficient (Wildman–Crippen LogP) is 0.502. The molecule has 4 heteroatoms. The van der Waals surface area contributed by atoms with Gasteiger partial charge >= 0.3 is 0 Å². The zero-order chi connectivity index (χ0) is 9.24. The van der Waals surface area contributed by atoms with E-state index in [1.54, 1.807) is 6.08 Å². The van der Waals surface area contributed by atoms with Crippen molar-refractivity contribution in [2.24, 2.45) is 0 Å². The van der Waals surface area contributed by atoms with E-state index in [4.69, 9.17) is 0 Å². The molecule has 3 nitrogen and oxygen atoms in total. The molecule has 0 aliphatic carbocycles. The fraction of sp³-hybridized carbons (Fsp3) is 0.750. The lowest BCUT2D eigenvalue weighted by Crippen LogP contribution is -2.29. The topological polar surface area (TPSA) is 54.4 Å². The maximum atomic E-state index is 11.0. The summed E-state index contributed by atoms with van der Waals surface area (Å²) in [6, 6.07) is 0. The number of hydrogen-bond acceptors (Lipinski definition) is 3. The molecule has 0 aromatic rings. The van der Waals surface area contributed by atoms with E-state index in [-0.39, 0.29) is 11.5 Å². The van der Waals surface area contributed by atoms with Gasteiger partial charge in [-0.15, -0.1) is 6.58 Å². The lowest BCUT2D eigenvalue weighted by atomic mass is 9.97. The summed E-state index contributed by atoms with van der Waals surface area (Å²) in [7, 11) is -2.97. The van der Waals surface area contributed by atoms with E-state index in [1.165, 1.54) is 0 Å². The highest BCUT2D eigenvalue weighted by Crippen LogP contribution is 2.27. The first kappa shape index (κ1) is 9.74. The molecule has 1 aliphatic rings.